The molecule has 0 N–H and O–H groups in total. The van der Waals surface area contributed by atoms with Gasteiger partial charge in [-0.2, -0.15) is 0 Å². The van der Waals surface area contributed by atoms with Crippen LogP contribution in [0.4, 0.5) is 0 Å². The molecule has 35 heavy (non-hydrogen) atoms. The van der Waals surface area contributed by atoms with Crippen LogP contribution in [0.2, 0.25) is 0 Å². The Bertz CT molecular complexity index is 791. The Balaban J connectivity index is 1.24. The fourth-order valence-corrected chi connectivity index (χ4v) is 10.2. The van der Waals surface area contributed by atoms with Gasteiger partial charge in [0.15, 0.2) is 0 Å². The highest BCUT2D eigenvalue weighted by molar-refractivity contribution is 5.73. The van der Waals surface area contributed by atoms with Gasteiger partial charge in [0.25, 0.3) is 0 Å². The van der Waals surface area contributed by atoms with Crippen molar-refractivity contribution in [3.05, 3.63) is 11.6 Å². The molecule has 0 aromatic heterocycles. The molecule has 0 spiro atoms. The van der Waals surface area contributed by atoms with Crippen LogP contribution in [0.3, 0.4) is 0 Å². The van der Waals surface area contributed by atoms with Crippen molar-refractivity contribution in [2.45, 2.75) is 137 Å². The van der Waals surface area contributed by atoms with Crippen molar-refractivity contribution in [1.82, 2.24) is 0 Å². The zero-order chi connectivity index (χ0) is 24.8. The van der Waals surface area contributed by atoms with Gasteiger partial charge in [0.05, 0.1) is 5.92 Å². The summed E-state index contributed by atoms with van der Waals surface area (Å²) in [7, 11) is 0. The van der Waals surface area contributed by atoms with E-state index in [1.807, 2.05) is 0 Å². The van der Waals surface area contributed by atoms with Crippen molar-refractivity contribution in [1.29, 1.82) is 0 Å². The second kappa shape index (κ2) is 10.2. The van der Waals surface area contributed by atoms with Gasteiger partial charge in [0.1, 0.15) is 6.10 Å². The van der Waals surface area contributed by atoms with Crippen molar-refractivity contribution < 1.29 is 9.53 Å². The molecule has 2 nitrogen and oxygen atoms in total. The van der Waals surface area contributed by atoms with Gasteiger partial charge in [-0.05, 0) is 104 Å². The zero-order valence-electron chi connectivity index (χ0n) is 23.6. The summed E-state index contributed by atoms with van der Waals surface area (Å²) < 4.78 is 6.10. The molecule has 0 bridgehead atoms. The third-order valence-electron chi connectivity index (χ3n) is 12.2. The minimum atomic E-state index is 0.110. The molecule has 5 rings (SSSR count). The molecule has 0 radical (unpaired) electrons. The third kappa shape index (κ3) is 4.79. The number of allylic oxidation sites excluding steroid dienone is 1. The molecule has 0 aromatic rings. The highest BCUT2D eigenvalue weighted by Crippen LogP contribution is 2.67. The number of rotatable bonds is 7. The molecule has 4 fully saturated rings. The highest BCUT2D eigenvalue weighted by atomic mass is 16.5. The molecule has 198 valence electrons. The molecule has 5 aliphatic rings. The first-order valence-electron chi connectivity index (χ1n) is 15.6. The van der Waals surface area contributed by atoms with Gasteiger partial charge in [-0.1, -0.05) is 78.4 Å². The average molecular weight is 483 g/mol. The second-order valence-corrected chi connectivity index (χ2v) is 14.6. The summed E-state index contributed by atoms with van der Waals surface area (Å²) in [6.45, 7) is 12.6. The first-order chi connectivity index (χ1) is 16.7. The van der Waals surface area contributed by atoms with E-state index in [-0.39, 0.29) is 18.0 Å². The van der Waals surface area contributed by atoms with Crippen LogP contribution in [0.1, 0.15) is 131 Å². The van der Waals surface area contributed by atoms with Gasteiger partial charge < -0.3 is 4.74 Å². The molecule has 8 atom stereocenters. The predicted octanol–water partition coefficient (Wildman–Crippen LogP) is 9.13. The molecule has 0 unspecified atom stereocenters. The van der Waals surface area contributed by atoms with Crippen LogP contribution in [0.5, 0.6) is 0 Å². The van der Waals surface area contributed by atoms with Crippen molar-refractivity contribution in [2.24, 2.45) is 52.3 Å². The lowest BCUT2D eigenvalue weighted by Gasteiger charge is -2.58. The Morgan fingerprint density at radius 2 is 1.74 bits per heavy atom. The van der Waals surface area contributed by atoms with Crippen LogP contribution in [-0.4, -0.2) is 12.1 Å². The molecule has 0 amide bonds. The maximum Gasteiger partial charge on any atom is 0.309 e. The molecule has 2 heteroatoms. The first-order valence-corrected chi connectivity index (χ1v) is 15.6. The van der Waals surface area contributed by atoms with Crippen LogP contribution in [0.15, 0.2) is 11.6 Å². The fourth-order valence-electron chi connectivity index (χ4n) is 10.2. The summed E-state index contributed by atoms with van der Waals surface area (Å²) in [5, 5.41) is 0. The normalized spacial score (nSPS) is 42.2. The van der Waals surface area contributed by atoms with E-state index >= 15 is 0 Å². The lowest BCUT2D eigenvalue weighted by Crippen LogP contribution is -2.51. The van der Waals surface area contributed by atoms with E-state index in [2.05, 4.69) is 40.7 Å². The Labute approximate surface area is 216 Å². The van der Waals surface area contributed by atoms with Crippen molar-refractivity contribution >= 4 is 5.97 Å². The number of ether oxygens (including phenoxy) is 1. The lowest BCUT2D eigenvalue weighted by atomic mass is 9.47. The lowest BCUT2D eigenvalue weighted by molar-refractivity contribution is -0.156. The topological polar surface area (TPSA) is 26.3 Å². The number of esters is 1. The second-order valence-electron chi connectivity index (χ2n) is 14.6. The van der Waals surface area contributed by atoms with E-state index in [9.17, 15) is 4.79 Å². The maximum atomic E-state index is 12.7. The molecule has 0 aliphatic heterocycles. The standard InChI is InChI=1S/C33H54O2/c1-22(2)9-8-10-23(3)28-15-16-29-27-14-13-25-21-26(35-31(34)24-11-6-7-12-24)17-19-32(25,4)30(27)18-20-33(28,29)5/h13,22-24,26-30H,6-12,14-21H2,1-5H3/t23-,26-,27+,28-,29+,30+,32-,33-/m0/s1. The average Bonchev–Trinajstić information content (AvgIpc) is 3.47. The van der Waals surface area contributed by atoms with Crippen LogP contribution in [0, 0.1) is 52.3 Å². The van der Waals surface area contributed by atoms with Gasteiger partial charge in [-0.15, -0.1) is 0 Å². The predicted molar refractivity (Wildman–Crippen MR) is 145 cm³/mol. The quantitative estimate of drug-likeness (QED) is 0.267. The summed E-state index contributed by atoms with van der Waals surface area (Å²) in [6.07, 6.45) is 21.9. The van der Waals surface area contributed by atoms with Gasteiger partial charge in [0, 0.05) is 6.42 Å². The summed E-state index contributed by atoms with van der Waals surface area (Å²) in [5.74, 6) is 5.61. The number of hydrogen-bond donors (Lipinski definition) is 0. The van der Waals surface area contributed by atoms with Gasteiger partial charge >= 0.3 is 5.97 Å². The van der Waals surface area contributed by atoms with E-state index in [4.69, 9.17) is 4.74 Å². The number of carbonyl (C=O) groups excluding carboxylic acids is 1. The zero-order valence-corrected chi connectivity index (χ0v) is 23.6. The van der Waals surface area contributed by atoms with E-state index in [1.165, 1.54) is 70.6 Å². The third-order valence-corrected chi connectivity index (χ3v) is 12.2. The first kappa shape index (κ1) is 25.8. The van der Waals surface area contributed by atoms with E-state index in [0.29, 0.717) is 10.8 Å². The monoisotopic (exact) mass is 482 g/mol. The van der Waals surface area contributed by atoms with Crippen molar-refractivity contribution in [2.75, 3.05) is 0 Å². The van der Waals surface area contributed by atoms with E-state index in [1.54, 1.807) is 5.57 Å². The number of fused-ring (bicyclic) bond motifs is 5. The molecule has 5 aliphatic carbocycles. The summed E-state index contributed by atoms with van der Waals surface area (Å²) in [5.41, 5.74) is 2.56. The molecule has 4 saturated carbocycles. The number of hydrogen-bond acceptors (Lipinski definition) is 2. The molecule has 0 aromatic carbocycles. The minimum Gasteiger partial charge on any atom is -0.462 e. The summed E-state index contributed by atoms with van der Waals surface area (Å²) in [4.78, 5) is 12.7. The Morgan fingerprint density at radius 1 is 0.971 bits per heavy atom. The Morgan fingerprint density at radius 3 is 2.49 bits per heavy atom. The van der Waals surface area contributed by atoms with Gasteiger partial charge in [-0.25, -0.2) is 0 Å². The van der Waals surface area contributed by atoms with Crippen LogP contribution in [0.25, 0.3) is 0 Å². The van der Waals surface area contributed by atoms with E-state index in [0.717, 1.165) is 61.2 Å². The largest absolute Gasteiger partial charge is 0.462 e. The van der Waals surface area contributed by atoms with Crippen LogP contribution >= 0.6 is 0 Å². The number of carbonyl (C=O) groups is 1. The summed E-state index contributed by atoms with van der Waals surface area (Å²) in [6, 6.07) is 0. The summed E-state index contributed by atoms with van der Waals surface area (Å²) >= 11 is 0. The highest BCUT2D eigenvalue weighted by Gasteiger charge is 2.59. The SMILES string of the molecule is CC(C)CCC[C@H](C)[C@@H]1CC[C@@H]2[C@H]3CC=C4C[C@@H](OC(=O)C5CCCC5)CC[C@]4(C)[C@@H]3CC[C@]21C. The molecule has 0 heterocycles. The van der Waals surface area contributed by atoms with E-state index < -0.39 is 0 Å². The molecular weight excluding hydrogens is 428 g/mol. The fraction of sp³-hybridized carbons (Fsp3) is 0.909. The van der Waals surface area contributed by atoms with Crippen molar-refractivity contribution in [3.63, 3.8) is 0 Å². The smallest absolute Gasteiger partial charge is 0.309 e. The Kier molecular flexibility index (Phi) is 7.51. The molecule has 0 saturated heterocycles. The van der Waals surface area contributed by atoms with Crippen molar-refractivity contribution in [3.8, 4) is 0 Å². The minimum absolute atomic E-state index is 0.110. The molecular formula is C33H54O2. The van der Waals surface area contributed by atoms with Crippen LogP contribution in [-0.2, 0) is 9.53 Å². The van der Waals surface area contributed by atoms with Gasteiger partial charge in [-0.3, -0.25) is 4.79 Å². The van der Waals surface area contributed by atoms with Gasteiger partial charge in [0.2, 0.25) is 0 Å². The van der Waals surface area contributed by atoms with Crippen LogP contribution < -0.4 is 0 Å². The maximum absolute atomic E-state index is 12.7. The Hall–Kier alpha value is -0.790.